The van der Waals surface area contributed by atoms with E-state index in [1.165, 1.54) is 25.3 Å². The number of benzene rings is 2. The van der Waals surface area contributed by atoms with Crippen LogP contribution < -0.4 is 10.1 Å². The first-order valence-electron chi connectivity index (χ1n) is 7.62. The molecule has 0 aliphatic heterocycles. The van der Waals surface area contributed by atoms with Gasteiger partial charge in [0.05, 0.1) is 19.3 Å². The molecule has 0 radical (unpaired) electrons. The highest BCUT2D eigenvalue weighted by Crippen LogP contribution is 2.19. The molecule has 6 heteroatoms. The van der Waals surface area contributed by atoms with Crippen molar-refractivity contribution in [2.45, 2.75) is 13.5 Å². The van der Waals surface area contributed by atoms with Crippen molar-refractivity contribution in [1.82, 2.24) is 4.90 Å². The Hall–Kier alpha value is -2.47. The number of anilines is 1. The van der Waals surface area contributed by atoms with Crippen molar-refractivity contribution in [2.24, 2.45) is 0 Å². The van der Waals surface area contributed by atoms with Crippen molar-refractivity contribution in [3.63, 3.8) is 0 Å². The Morgan fingerprint density at radius 2 is 1.92 bits per heavy atom. The largest absolute Gasteiger partial charge is 0.494 e. The summed E-state index contributed by atoms with van der Waals surface area (Å²) in [6.07, 6.45) is 0. The van der Waals surface area contributed by atoms with E-state index in [4.69, 9.17) is 4.74 Å². The summed E-state index contributed by atoms with van der Waals surface area (Å²) in [5.41, 5.74) is 0.878. The molecule has 24 heavy (non-hydrogen) atoms. The number of halogens is 2. The van der Waals surface area contributed by atoms with Gasteiger partial charge in [-0.1, -0.05) is 25.1 Å². The van der Waals surface area contributed by atoms with Gasteiger partial charge < -0.3 is 10.1 Å². The van der Waals surface area contributed by atoms with Crippen molar-refractivity contribution in [1.29, 1.82) is 0 Å². The Bertz CT molecular complexity index is 707. The van der Waals surface area contributed by atoms with Gasteiger partial charge in [0.2, 0.25) is 5.91 Å². The molecule has 0 aromatic heterocycles. The van der Waals surface area contributed by atoms with Crippen molar-refractivity contribution in [2.75, 3.05) is 25.5 Å². The van der Waals surface area contributed by atoms with Crippen molar-refractivity contribution in [3.8, 4) is 5.75 Å². The lowest BCUT2D eigenvalue weighted by Gasteiger charge is -2.20. The molecule has 2 aromatic carbocycles. The van der Waals surface area contributed by atoms with Crippen LogP contribution in [0.15, 0.2) is 42.5 Å². The molecule has 0 aliphatic rings. The van der Waals surface area contributed by atoms with Gasteiger partial charge in [0.1, 0.15) is 5.82 Å². The molecule has 4 nitrogen and oxygen atoms in total. The van der Waals surface area contributed by atoms with E-state index in [1.807, 2.05) is 11.8 Å². The summed E-state index contributed by atoms with van der Waals surface area (Å²) in [4.78, 5) is 13.9. The zero-order valence-corrected chi connectivity index (χ0v) is 13.7. The van der Waals surface area contributed by atoms with E-state index >= 15 is 0 Å². The van der Waals surface area contributed by atoms with E-state index in [2.05, 4.69) is 5.32 Å². The third kappa shape index (κ3) is 4.76. The Balaban J connectivity index is 1.97. The van der Waals surface area contributed by atoms with Crippen LogP contribution in [0, 0.1) is 11.6 Å². The minimum atomic E-state index is -0.480. The van der Waals surface area contributed by atoms with Crippen LogP contribution in [0.1, 0.15) is 12.5 Å². The van der Waals surface area contributed by atoms with Gasteiger partial charge in [0.15, 0.2) is 11.6 Å². The van der Waals surface area contributed by atoms with E-state index in [0.717, 1.165) is 5.56 Å². The highest BCUT2D eigenvalue weighted by atomic mass is 19.1. The fourth-order valence-electron chi connectivity index (χ4n) is 2.30. The molecule has 2 aromatic rings. The number of ether oxygens (including phenoxy) is 1. The van der Waals surface area contributed by atoms with Gasteiger partial charge in [-0.25, -0.2) is 8.78 Å². The molecule has 0 bridgehead atoms. The third-order valence-corrected chi connectivity index (χ3v) is 3.58. The van der Waals surface area contributed by atoms with Crippen LogP contribution in [0.5, 0.6) is 5.75 Å². The zero-order chi connectivity index (χ0) is 17.5. The Kier molecular flexibility index (Phi) is 6.26. The monoisotopic (exact) mass is 334 g/mol. The first kappa shape index (κ1) is 17.9. The molecule has 0 saturated heterocycles. The molecule has 0 atom stereocenters. The van der Waals surface area contributed by atoms with Crippen molar-refractivity contribution in [3.05, 3.63) is 59.7 Å². The lowest BCUT2D eigenvalue weighted by atomic mass is 10.2. The summed E-state index contributed by atoms with van der Waals surface area (Å²) in [6, 6.07) is 10.7. The molecule has 2 rings (SSSR count). The Morgan fingerprint density at radius 3 is 2.54 bits per heavy atom. The van der Waals surface area contributed by atoms with Crippen molar-refractivity contribution >= 4 is 11.6 Å². The maximum atomic E-state index is 13.7. The molecule has 1 N–H and O–H groups in total. The van der Waals surface area contributed by atoms with Gasteiger partial charge >= 0.3 is 0 Å². The highest BCUT2D eigenvalue weighted by Gasteiger charge is 2.13. The summed E-state index contributed by atoms with van der Waals surface area (Å²) in [6.45, 7) is 2.98. The van der Waals surface area contributed by atoms with E-state index < -0.39 is 11.6 Å². The molecule has 0 spiro atoms. The van der Waals surface area contributed by atoms with E-state index in [1.54, 1.807) is 24.3 Å². The molecule has 0 heterocycles. The van der Waals surface area contributed by atoms with Crippen LogP contribution in [0.4, 0.5) is 14.5 Å². The summed E-state index contributed by atoms with van der Waals surface area (Å²) in [5, 5.41) is 2.54. The van der Waals surface area contributed by atoms with Crippen LogP contribution in [0.2, 0.25) is 0 Å². The van der Waals surface area contributed by atoms with Crippen LogP contribution in [0.25, 0.3) is 0 Å². The quantitative estimate of drug-likeness (QED) is 0.843. The fourth-order valence-corrected chi connectivity index (χ4v) is 2.30. The lowest BCUT2D eigenvalue weighted by molar-refractivity contribution is -0.117. The predicted molar refractivity (Wildman–Crippen MR) is 88.9 cm³/mol. The molecule has 0 saturated carbocycles. The second-order valence-corrected chi connectivity index (χ2v) is 5.30. The molecule has 1 amide bonds. The van der Waals surface area contributed by atoms with E-state index in [-0.39, 0.29) is 23.9 Å². The topological polar surface area (TPSA) is 41.6 Å². The van der Waals surface area contributed by atoms with Crippen LogP contribution in [-0.4, -0.2) is 31.0 Å². The first-order chi connectivity index (χ1) is 11.5. The van der Waals surface area contributed by atoms with Crippen LogP contribution in [0.3, 0.4) is 0 Å². The van der Waals surface area contributed by atoms with E-state index in [9.17, 15) is 13.6 Å². The van der Waals surface area contributed by atoms with Crippen LogP contribution in [-0.2, 0) is 11.3 Å². The number of nitrogens with one attached hydrogen (secondary N) is 1. The lowest BCUT2D eigenvalue weighted by Crippen LogP contribution is -2.33. The molecule has 0 aliphatic carbocycles. The maximum absolute atomic E-state index is 13.7. The fraction of sp³-hybridized carbons (Fsp3) is 0.278. The number of methoxy groups -OCH3 is 1. The number of para-hydroxylation sites is 1. The van der Waals surface area contributed by atoms with Gasteiger partial charge in [-0.15, -0.1) is 0 Å². The molecule has 128 valence electrons. The number of hydrogen-bond acceptors (Lipinski definition) is 3. The molecule has 0 fully saturated rings. The standard InChI is InChI=1S/C18H20F2N2O2/c1-3-22(11-13-8-9-17(24-2)15(20)10-13)12-18(23)21-16-7-5-4-6-14(16)19/h4-10H,3,11-12H2,1-2H3,(H,21,23). The number of hydrogen-bond donors (Lipinski definition) is 1. The van der Waals surface area contributed by atoms with E-state index in [0.29, 0.717) is 13.1 Å². The molecule has 0 unspecified atom stereocenters. The summed E-state index contributed by atoms with van der Waals surface area (Å²) in [5.74, 6) is -1.07. The Labute approximate surface area is 140 Å². The van der Waals surface area contributed by atoms with Crippen molar-refractivity contribution < 1.29 is 18.3 Å². The summed E-state index contributed by atoms with van der Waals surface area (Å²) in [7, 11) is 1.41. The van der Waals surface area contributed by atoms with Gasteiger partial charge in [-0.05, 0) is 36.4 Å². The Morgan fingerprint density at radius 1 is 1.17 bits per heavy atom. The third-order valence-electron chi connectivity index (χ3n) is 3.58. The van der Waals surface area contributed by atoms with Gasteiger partial charge in [0.25, 0.3) is 0 Å². The number of nitrogens with zero attached hydrogens (tertiary/aromatic N) is 1. The molecular formula is C18H20F2N2O2. The van der Waals surface area contributed by atoms with Gasteiger partial charge in [-0.3, -0.25) is 9.69 Å². The molecular weight excluding hydrogens is 314 g/mol. The second-order valence-electron chi connectivity index (χ2n) is 5.30. The average molecular weight is 334 g/mol. The average Bonchev–Trinajstić information content (AvgIpc) is 2.56. The SMILES string of the molecule is CCN(CC(=O)Nc1ccccc1F)Cc1ccc(OC)c(F)c1. The number of rotatable bonds is 7. The minimum absolute atomic E-state index is 0.0818. The zero-order valence-electron chi connectivity index (χ0n) is 13.7. The maximum Gasteiger partial charge on any atom is 0.238 e. The van der Waals surface area contributed by atoms with Crippen LogP contribution >= 0.6 is 0 Å². The number of carbonyl (C=O) groups is 1. The number of likely N-dealkylation sites (N-methyl/N-ethyl adjacent to an activating group) is 1. The summed E-state index contributed by atoms with van der Waals surface area (Å²) < 4.78 is 32.2. The second kappa shape index (κ2) is 8.40. The van der Waals surface area contributed by atoms with Gasteiger partial charge in [0, 0.05) is 6.54 Å². The predicted octanol–water partition coefficient (Wildman–Crippen LogP) is 3.43. The number of amides is 1. The normalized spacial score (nSPS) is 10.7. The van der Waals surface area contributed by atoms with Gasteiger partial charge in [-0.2, -0.15) is 0 Å². The smallest absolute Gasteiger partial charge is 0.238 e. The minimum Gasteiger partial charge on any atom is -0.494 e. The first-order valence-corrected chi connectivity index (χ1v) is 7.62. The highest BCUT2D eigenvalue weighted by molar-refractivity contribution is 5.92. The summed E-state index contributed by atoms with van der Waals surface area (Å²) >= 11 is 0. The number of carbonyl (C=O) groups excluding carboxylic acids is 1.